The predicted octanol–water partition coefficient (Wildman–Crippen LogP) is 1.81. The molecule has 4 heteroatoms. The molecule has 0 spiro atoms. The maximum Gasteiger partial charge on any atom is 0.230 e. The first-order valence-electron chi connectivity index (χ1n) is 5.90. The van der Waals surface area contributed by atoms with Crippen molar-refractivity contribution in [3.8, 4) is 0 Å². The SMILES string of the molecule is CCNCCNC(=O)CSc1ccccc1C. The first-order chi connectivity index (χ1) is 8.24. The third kappa shape index (κ3) is 5.75. The van der Waals surface area contributed by atoms with Gasteiger partial charge in [0.05, 0.1) is 5.75 Å². The number of rotatable bonds is 7. The van der Waals surface area contributed by atoms with Crippen LogP contribution in [0.1, 0.15) is 12.5 Å². The minimum Gasteiger partial charge on any atom is -0.354 e. The Morgan fingerprint density at radius 1 is 1.29 bits per heavy atom. The molecule has 0 aromatic heterocycles. The van der Waals surface area contributed by atoms with E-state index < -0.39 is 0 Å². The number of benzene rings is 1. The molecule has 0 aliphatic carbocycles. The highest BCUT2D eigenvalue weighted by atomic mass is 32.2. The molecule has 1 aromatic rings. The van der Waals surface area contributed by atoms with Crippen molar-refractivity contribution < 1.29 is 4.79 Å². The highest BCUT2D eigenvalue weighted by Gasteiger charge is 2.03. The first kappa shape index (κ1) is 14.1. The van der Waals surface area contributed by atoms with Gasteiger partial charge >= 0.3 is 0 Å². The van der Waals surface area contributed by atoms with E-state index in [1.165, 1.54) is 10.5 Å². The lowest BCUT2D eigenvalue weighted by molar-refractivity contribution is -0.118. The Labute approximate surface area is 107 Å². The van der Waals surface area contributed by atoms with E-state index in [1.807, 2.05) is 18.2 Å². The fourth-order valence-corrected chi connectivity index (χ4v) is 2.24. The predicted molar refractivity (Wildman–Crippen MR) is 73.5 cm³/mol. The normalized spacial score (nSPS) is 10.2. The zero-order valence-corrected chi connectivity index (χ0v) is 11.3. The number of hydrogen-bond acceptors (Lipinski definition) is 3. The summed E-state index contributed by atoms with van der Waals surface area (Å²) in [5.74, 6) is 0.577. The topological polar surface area (TPSA) is 41.1 Å². The van der Waals surface area contributed by atoms with E-state index in [2.05, 4.69) is 30.5 Å². The van der Waals surface area contributed by atoms with Crippen LogP contribution < -0.4 is 10.6 Å². The summed E-state index contributed by atoms with van der Waals surface area (Å²) in [6, 6.07) is 8.12. The molecule has 1 amide bonds. The Morgan fingerprint density at radius 2 is 2.06 bits per heavy atom. The van der Waals surface area contributed by atoms with Gasteiger partial charge in [0.15, 0.2) is 0 Å². The van der Waals surface area contributed by atoms with Gasteiger partial charge < -0.3 is 10.6 Å². The molecule has 3 nitrogen and oxygen atoms in total. The number of likely N-dealkylation sites (N-methyl/N-ethyl adjacent to an activating group) is 1. The number of aryl methyl sites for hydroxylation is 1. The second-order valence-electron chi connectivity index (χ2n) is 3.76. The van der Waals surface area contributed by atoms with Crippen molar-refractivity contribution in [2.24, 2.45) is 0 Å². The van der Waals surface area contributed by atoms with Crippen molar-refractivity contribution in [3.63, 3.8) is 0 Å². The molecule has 0 unspecified atom stereocenters. The van der Waals surface area contributed by atoms with E-state index in [0.29, 0.717) is 12.3 Å². The number of amides is 1. The summed E-state index contributed by atoms with van der Waals surface area (Å²) in [6.45, 7) is 6.58. The molecule has 1 rings (SSSR count). The van der Waals surface area contributed by atoms with E-state index in [1.54, 1.807) is 11.8 Å². The zero-order valence-electron chi connectivity index (χ0n) is 10.5. The minimum atomic E-state index is 0.0937. The monoisotopic (exact) mass is 252 g/mol. The maximum absolute atomic E-state index is 11.5. The molecule has 2 N–H and O–H groups in total. The Kier molecular flexibility index (Phi) is 6.74. The molecular formula is C13H20N2OS. The molecule has 0 aliphatic heterocycles. The van der Waals surface area contributed by atoms with E-state index in [0.717, 1.165) is 13.1 Å². The number of carbonyl (C=O) groups is 1. The van der Waals surface area contributed by atoms with Gasteiger partial charge in [0, 0.05) is 18.0 Å². The van der Waals surface area contributed by atoms with Gasteiger partial charge in [-0.25, -0.2) is 0 Å². The molecule has 0 radical (unpaired) electrons. The Bertz CT molecular complexity index is 355. The zero-order chi connectivity index (χ0) is 12.5. The lowest BCUT2D eigenvalue weighted by Crippen LogP contribution is -2.32. The fraction of sp³-hybridized carbons (Fsp3) is 0.462. The van der Waals surface area contributed by atoms with Gasteiger partial charge in [-0.2, -0.15) is 0 Å². The summed E-state index contributed by atoms with van der Waals surface area (Å²) in [7, 11) is 0. The van der Waals surface area contributed by atoms with Gasteiger partial charge in [-0.05, 0) is 25.1 Å². The number of hydrogen-bond donors (Lipinski definition) is 2. The third-order valence-corrected chi connectivity index (χ3v) is 3.50. The quantitative estimate of drug-likeness (QED) is 0.574. The number of thioether (sulfide) groups is 1. The first-order valence-corrected chi connectivity index (χ1v) is 6.88. The van der Waals surface area contributed by atoms with Crippen molar-refractivity contribution in [2.45, 2.75) is 18.7 Å². The molecule has 0 heterocycles. The Hall–Kier alpha value is -1.00. The molecule has 0 saturated carbocycles. The molecule has 0 atom stereocenters. The molecule has 0 aliphatic rings. The molecule has 0 fully saturated rings. The van der Waals surface area contributed by atoms with Crippen LogP contribution in [0.2, 0.25) is 0 Å². The summed E-state index contributed by atoms with van der Waals surface area (Å²) in [4.78, 5) is 12.7. The molecule has 1 aromatic carbocycles. The second-order valence-corrected chi connectivity index (χ2v) is 4.77. The van der Waals surface area contributed by atoms with Crippen LogP contribution in [0, 0.1) is 6.92 Å². The molecular weight excluding hydrogens is 232 g/mol. The highest BCUT2D eigenvalue weighted by Crippen LogP contribution is 2.21. The van der Waals surface area contributed by atoms with Crippen LogP contribution in [-0.2, 0) is 4.79 Å². The summed E-state index contributed by atoms with van der Waals surface area (Å²) in [5, 5.41) is 6.05. The van der Waals surface area contributed by atoms with Crippen molar-refractivity contribution in [3.05, 3.63) is 29.8 Å². The number of carbonyl (C=O) groups excluding carboxylic acids is 1. The molecule has 17 heavy (non-hydrogen) atoms. The minimum absolute atomic E-state index is 0.0937. The summed E-state index contributed by atoms with van der Waals surface area (Å²) in [6.07, 6.45) is 0. The lowest BCUT2D eigenvalue weighted by Gasteiger charge is -2.06. The average molecular weight is 252 g/mol. The van der Waals surface area contributed by atoms with Gasteiger partial charge in [-0.1, -0.05) is 25.1 Å². The fourth-order valence-electron chi connectivity index (χ4n) is 1.38. The van der Waals surface area contributed by atoms with Gasteiger partial charge in [0.2, 0.25) is 5.91 Å². The maximum atomic E-state index is 11.5. The van der Waals surface area contributed by atoms with E-state index >= 15 is 0 Å². The standard InChI is InChI=1S/C13H20N2OS/c1-3-14-8-9-15-13(16)10-17-12-7-5-4-6-11(12)2/h4-7,14H,3,8-10H2,1-2H3,(H,15,16). The van der Waals surface area contributed by atoms with Crippen LogP contribution in [-0.4, -0.2) is 31.3 Å². The summed E-state index contributed by atoms with van der Waals surface area (Å²) >= 11 is 1.59. The van der Waals surface area contributed by atoms with Crippen molar-refractivity contribution in [1.82, 2.24) is 10.6 Å². The van der Waals surface area contributed by atoms with E-state index in [9.17, 15) is 4.79 Å². The lowest BCUT2D eigenvalue weighted by atomic mass is 10.2. The Morgan fingerprint density at radius 3 is 2.76 bits per heavy atom. The largest absolute Gasteiger partial charge is 0.354 e. The van der Waals surface area contributed by atoms with Crippen molar-refractivity contribution in [2.75, 3.05) is 25.4 Å². The second kappa shape index (κ2) is 8.14. The molecule has 94 valence electrons. The van der Waals surface area contributed by atoms with Crippen LogP contribution in [0.5, 0.6) is 0 Å². The number of nitrogens with one attached hydrogen (secondary N) is 2. The van der Waals surface area contributed by atoms with Gasteiger partial charge in [-0.3, -0.25) is 4.79 Å². The summed E-state index contributed by atoms with van der Waals surface area (Å²) < 4.78 is 0. The van der Waals surface area contributed by atoms with Crippen LogP contribution in [0.3, 0.4) is 0 Å². The van der Waals surface area contributed by atoms with Crippen molar-refractivity contribution in [1.29, 1.82) is 0 Å². The third-order valence-electron chi connectivity index (χ3n) is 2.33. The van der Waals surface area contributed by atoms with Crippen LogP contribution in [0.4, 0.5) is 0 Å². The average Bonchev–Trinajstić information content (AvgIpc) is 2.34. The van der Waals surface area contributed by atoms with Gasteiger partial charge in [-0.15, -0.1) is 11.8 Å². The van der Waals surface area contributed by atoms with E-state index in [4.69, 9.17) is 0 Å². The Balaban J connectivity index is 2.22. The van der Waals surface area contributed by atoms with Crippen LogP contribution >= 0.6 is 11.8 Å². The van der Waals surface area contributed by atoms with Gasteiger partial charge in [0.25, 0.3) is 0 Å². The smallest absolute Gasteiger partial charge is 0.230 e. The highest BCUT2D eigenvalue weighted by molar-refractivity contribution is 8.00. The van der Waals surface area contributed by atoms with Gasteiger partial charge in [0.1, 0.15) is 0 Å². The van der Waals surface area contributed by atoms with Crippen molar-refractivity contribution >= 4 is 17.7 Å². The molecule has 0 saturated heterocycles. The summed E-state index contributed by atoms with van der Waals surface area (Å²) in [5.41, 5.74) is 1.22. The van der Waals surface area contributed by atoms with Crippen LogP contribution in [0.25, 0.3) is 0 Å². The van der Waals surface area contributed by atoms with Crippen LogP contribution in [0.15, 0.2) is 29.2 Å². The van der Waals surface area contributed by atoms with E-state index in [-0.39, 0.29) is 5.91 Å². The molecule has 0 bridgehead atoms.